The first kappa shape index (κ1) is 13.8. The van der Waals surface area contributed by atoms with Gasteiger partial charge in [-0.25, -0.2) is 8.42 Å². The second-order valence-corrected chi connectivity index (χ2v) is 7.90. The third-order valence-electron chi connectivity index (χ3n) is 3.53. The molecule has 0 aliphatic carbocycles. The van der Waals surface area contributed by atoms with Crippen LogP contribution in [0.25, 0.3) is 0 Å². The number of hydrogen-bond acceptors (Lipinski definition) is 2. The van der Waals surface area contributed by atoms with Gasteiger partial charge in [-0.15, -0.1) is 0 Å². The van der Waals surface area contributed by atoms with Gasteiger partial charge in [0.25, 0.3) is 0 Å². The van der Waals surface area contributed by atoms with Crippen LogP contribution in [-0.4, -0.2) is 25.8 Å². The highest BCUT2D eigenvalue weighted by Crippen LogP contribution is 2.32. The van der Waals surface area contributed by atoms with Crippen molar-refractivity contribution in [1.29, 1.82) is 0 Å². The molecule has 0 bridgehead atoms. The molecule has 5 heteroatoms. The van der Waals surface area contributed by atoms with Gasteiger partial charge in [0.15, 0.2) is 0 Å². The van der Waals surface area contributed by atoms with Crippen molar-refractivity contribution < 1.29 is 8.42 Å². The van der Waals surface area contributed by atoms with Crippen LogP contribution in [0.3, 0.4) is 0 Å². The number of nitrogens with zero attached hydrogens (tertiary/aromatic N) is 1. The van der Waals surface area contributed by atoms with Gasteiger partial charge in [-0.3, -0.25) is 0 Å². The van der Waals surface area contributed by atoms with E-state index in [1.807, 2.05) is 0 Å². The Balaban J connectivity index is 2.20. The van der Waals surface area contributed by atoms with Gasteiger partial charge in [0.2, 0.25) is 10.0 Å². The van der Waals surface area contributed by atoms with Crippen molar-refractivity contribution in [3.8, 4) is 0 Å². The van der Waals surface area contributed by atoms with Gasteiger partial charge < -0.3 is 0 Å². The smallest absolute Gasteiger partial charge is 0.207 e. The lowest BCUT2D eigenvalue weighted by atomic mass is 9.83. The molecule has 3 nitrogen and oxygen atoms in total. The molecular formula is C13H18ClNO2S. The number of hydrogen-bond donors (Lipinski definition) is 0. The Morgan fingerprint density at radius 3 is 2.11 bits per heavy atom. The highest BCUT2D eigenvalue weighted by atomic mass is 35.5. The first-order chi connectivity index (χ1) is 8.31. The van der Waals surface area contributed by atoms with Crippen molar-refractivity contribution >= 4 is 21.6 Å². The van der Waals surface area contributed by atoms with Crippen LogP contribution < -0.4 is 0 Å². The molecule has 0 radical (unpaired) electrons. The van der Waals surface area contributed by atoms with Crippen molar-refractivity contribution in [2.45, 2.75) is 31.6 Å². The number of rotatable bonds is 2. The van der Waals surface area contributed by atoms with E-state index in [9.17, 15) is 8.42 Å². The summed E-state index contributed by atoms with van der Waals surface area (Å²) in [7, 11) is -3.35. The summed E-state index contributed by atoms with van der Waals surface area (Å²) < 4.78 is 26.4. The summed E-state index contributed by atoms with van der Waals surface area (Å²) in [4.78, 5) is 0.326. The Kier molecular flexibility index (Phi) is 3.72. The van der Waals surface area contributed by atoms with E-state index in [0.29, 0.717) is 23.0 Å². The molecule has 0 spiro atoms. The predicted molar refractivity (Wildman–Crippen MR) is 73.2 cm³/mol. The predicted octanol–water partition coefficient (Wildman–Crippen LogP) is 3.15. The summed E-state index contributed by atoms with van der Waals surface area (Å²) >= 11 is 5.78. The first-order valence-corrected chi connectivity index (χ1v) is 7.89. The Bertz CT molecular complexity index is 512. The van der Waals surface area contributed by atoms with Crippen LogP contribution in [0.5, 0.6) is 0 Å². The van der Waals surface area contributed by atoms with E-state index in [1.165, 1.54) is 0 Å². The van der Waals surface area contributed by atoms with Crippen LogP contribution in [0, 0.1) is 5.41 Å². The van der Waals surface area contributed by atoms with Gasteiger partial charge >= 0.3 is 0 Å². The lowest BCUT2D eigenvalue weighted by Gasteiger charge is -2.36. The lowest BCUT2D eigenvalue weighted by Crippen LogP contribution is -2.41. The van der Waals surface area contributed by atoms with E-state index in [0.717, 1.165) is 12.8 Å². The molecule has 18 heavy (non-hydrogen) atoms. The Morgan fingerprint density at radius 2 is 1.61 bits per heavy atom. The summed E-state index contributed by atoms with van der Waals surface area (Å²) in [6.07, 6.45) is 1.81. The normalized spacial score (nSPS) is 20.8. The SMILES string of the molecule is CC1(C)CCN(S(=O)(=O)c2ccc(Cl)cc2)CC1. The molecule has 0 atom stereocenters. The van der Waals surface area contributed by atoms with E-state index in [2.05, 4.69) is 13.8 Å². The number of halogens is 1. The van der Waals surface area contributed by atoms with Crippen LogP contribution in [-0.2, 0) is 10.0 Å². The van der Waals surface area contributed by atoms with E-state index in [4.69, 9.17) is 11.6 Å². The minimum absolute atomic E-state index is 0.242. The largest absolute Gasteiger partial charge is 0.243 e. The highest BCUT2D eigenvalue weighted by Gasteiger charge is 2.32. The third kappa shape index (κ3) is 2.87. The van der Waals surface area contributed by atoms with Crippen molar-refractivity contribution in [1.82, 2.24) is 4.31 Å². The summed E-state index contributed by atoms with van der Waals surface area (Å²) in [5.41, 5.74) is 0.242. The third-order valence-corrected chi connectivity index (χ3v) is 5.69. The molecule has 1 saturated heterocycles. The average Bonchev–Trinajstić information content (AvgIpc) is 2.29. The van der Waals surface area contributed by atoms with Crippen LogP contribution >= 0.6 is 11.6 Å². The maximum absolute atomic E-state index is 12.4. The fourth-order valence-electron chi connectivity index (χ4n) is 2.09. The average molecular weight is 288 g/mol. The quantitative estimate of drug-likeness (QED) is 0.838. The Labute approximate surface area is 114 Å². The summed E-state index contributed by atoms with van der Waals surface area (Å²) in [5, 5.41) is 0.550. The molecule has 2 rings (SSSR count). The van der Waals surface area contributed by atoms with Crippen LogP contribution in [0.2, 0.25) is 5.02 Å². The van der Waals surface area contributed by atoms with Gasteiger partial charge in [0.05, 0.1) is 4.90 Å². The molecule has 0 unspecified atom stereocenters. The molecule has 1 aliphatic rings. The minimum atomic E-state index is -3.35. The fraction of sp³-hybridized carbons (Fsp3) is 0.538. The van der Waals surface area contributed by atoms with Crippen molar-refractivity contribution in [3.05, 3.63) is 29.3 Å². The maximum atomic E-state index is 12.4. The van der Waals surface area contributed by atoms with E-state index in [-0.39, 0.29) is 5.41 Å². The molecule has 1 aliphatic heterocycles. The monoisotopic (exact) mass is 287 g/mol. The van der Waals surface area contributed by atoms with Gasteiger partial charge in [-0.2, -0.15) is 4.31 Å². The Hall–Kier alpha value is -0.580. The van der Waals surface area contributed by atoms with Gasteiger partial charge in [0, 0.05) is 18.1 Å². The molecule has 0 aromatic heterocycles. The molecular weight excluding hydrogens is 270 g/mol. The molecule has 0 N–H and O–H groups in total. The molecule has 1 fully saturated rings. The number of benzene rings is 1. The maximum Gasteiger partial charge on any atom is 0.243 e. The van der Waals surface area contributed by atoms with Gasteiger partial charge in [0.1, 0.15) is 0 Å². The minimum Gasteiger partial charge on any atom is -0.207 e. The standard InChI is InChI=1S/C13H18ClNO2S/c1-13(2)7-9-15(10-8-13)18(16,17)12-5-3-11(14)4-6-12/h3-6H,7-10H2,1-2H3. The zero-order valence-electron chi connectivity index (χ0n) is 10.7. The van der Waals surface area contributed by atoms with Crippen molar-refractivity contribution in [2.24, 2.45) is 5.41 Å². The van der Waals surface area contributed by atoms with Crippen molar-refractivity contribution in [2.75, 3.05) is 13.1 Å². The second-order valence-electron chi connectivity index (χ2n) is 5.52. The molecule has 0 saturated carbocycles. The summed E-state index contributed by atoms with van der Waals surface area (Å²) in [5.74, 6) is 0. The highest BCUT2D eigenvalue weighted by molar-refractivity contribution is 7.89. The van der Waals surface area contributed by atoms with Crippen molar-refractivity contribution in [3.63, 3.8) is 0 Å². The Morgan fingerprint density at radius 1 is 1.11 bits per heavy atom. The zero-order valence-corrected chi connectivity index (χ0v) is 12.3. The summed E-state index contributed by atoms with van der Waals surface area (Å²) in [6.45, 7) is 5.55. The first-order valence-electron chi connectivity index (χ1n) is 6.07. The molecule has 100 valence electrons. The number of sulfonamides is 1. The fourth-order valence-corrected chi connectivity index (χ4v) is 3.65. The van der Waals surface area contributed by atoms with Gasteiger partial charge in [-0.1, -0.05) is 25.4 Å². The lowest BCUT2D eigenvalue weighted by molar-refractivity contribution is 0.196. The van der Waals surface area contributed by atoms with Crippen LogP contribution in [0.15, 0.2) is 29.2 Å². The molecule has 1 aromatic carbocycles. The molecule has 1 heterocycles. The molecule has 1 aromatic rings. The van der Waals surface area contributed by atoms with E-state index >= 15 is 0 Å². The summed E-state index contributed by atoms with van der Waals surface area (Å²) in [6, 6.07) is 6.36. The van der Waals surface area contributed by atoms with E-state index < -0.39 is 10.0 Å². The van der Waals surface area contributed by atoms with E-state index in [1.54, 1.807) is 28.6 Å². The second kappa shape index (κ2) is 4.83. The molecule has 0 amide bonds. The zero-order chi connectivity index (χ0) is 13.4. The van der Waals surface area contributed by atoms with Crippen LogP contribution in [0.1, 0.15) is 26.7 Å². The topological polar surface area (TPSA) is 37.4 Å². The van der Waals surface area contributed by atoms with Crippen LogP contribution in [0.4, 0.5) is 0 Å². The number of piperidine rings is 1. The van der Waals surface area contributed by atoms with Gasteiger partial charge in [-0.05, 0) is 42.5 Å².